The van der Waals surface area contributed by atoms with E-state index in [0.29, 0.717) is 33.3 Å². The minimum Gasteiger partial charge on any atom is -0.366 e. The predicted octanol–water partition coefficient (Wildman–Crippen LogP) is 7.67. The highest BCUT2D eigenvalue weighted by molar-refractivity contribution is 9.10. The third-order valence-electron chi connectivity index (χ3n) is 7.91. The van der Waals surface area contributed by atoms with Crippen LogP contribution in [0, 0.1) is 18.8 Å². The molecule has 0 unspecified atom stereocenters. The molecular formula is C29H28BrF6N7. The van der Waals surface area contributed by atoms with Gasteiger partial charge in [-0.1, -0.05) is 0 Å². The van der Waals surface area contributed by atoms with Gasteiger partial charge in [-0.15, -0.1) is 0 Å². The molecule has 0 aliphatic heterocycles. The predicted molar refractivity (Wildman–Crippen MR) is 152 cm³/mol. The van der Waals surface area contributed by atoms with Crippen molar-refractivity contribution in [3.8, 4) is 0 Å². The Morgan fingerprint density at radius 1 is 0.930 bits per heavy atom. The Kier molecular flexibility index (Phi) is 7.54. The maximum absolute atomic E-state index is 13.7. The van der Waals surface area contributed by atoms with E-state index in [4.69, 9.17) is 4.98 Å². The second kappa shape index (κ2) is 10.9. The number of halogens is 7. The zero-order valence-electron chi connectivity index (χ0n) is 23.3. The van der Waals surface area contributed by atoms with Crippen LogP contribution in [0.25, 0.3) is 11.0 Å². The number of hydrogen-bond acceptors (Lipinski definition) is 6. The highest BCUT2D eigenvalue weighted by Crippen LogP contribution is 2.46. The lowest BCUT2D eigenvalue weighted by molar-refractivity contribution is -0.143. The molecule has 3 aromatic heterocycles. The van der Waals surface area contributed by atoms with Gasteiger partial charge in [-0.2, -0.15) is 31.4 Å². The van der Waals surface area contributed by atoms with Gasteiger partial charge in [0.1, 0.15) is 5.82 Å². The average Bonchev–Trinajstić information content (AvgIpc) is 3.86. The molecule has 0 bridgehead atoms. The van der Waals surface area contributed by atoms with Crippen LogP contribution in [0.5, 0.6) is 0 Å². The summed E-state index contributed by atoms with van der Waals surface area (Å²) in [4.78, 5) is 15.2. The molecule has 228 valence electrons. The molecular weight excluding hydrogens is 640 g/mol. The Balaban J connectivity index is 1.43. The van der Waals surface area contributed by atoms with Crippen molar-refractivity contribution >= 4 is 38.7 Å². The van der Waals surface area contributed by atoms with E-state index in [1.807, 2.05) is 13.0 Å². The molecule has 43 heavy (non-hydrogen) atoms. The quantitative estimate of drug-likeness (QED) is 0.185. The van der Waals surface area contributed by atoms with Gasteiger partial charge in [0, 0.05) is 49.5 Å². The van der Waals surface area contributed by atoms with Crippen molar-refractivity contribution < 1.29 is 26.3 Å². The largest absolute Gasteiger partial charge is 0.416 e. The van der Waals surface area contributed by atoms with Crippen molar-refractivity contribution in [2.75, 3.05) is 10.2 Å². The van der Waals surface area contributed by atoms with Gasteiger partial charge >= 0.3 is 12.4 Å². The second-order valence-electron chi connectivity index (χ2n) is 11.4. The normalized spacial score (nSPS) is 15.9. The maximum Gasteiger partial charge on any atom is 0.416 e. The van der Waals surface area contributed by atoms with Crippen molar-refractivity contribution in [2.24, 2.45) is 18.9 Å². The summed E-state index contributed by atoms with van der Waals surface area (Å²) >= 11 is 3.28. The summed E-state index contributed by atoms with van der Waals surface area (Å²) in [7, 11) is 1.80. The maximum atomic E-state index is 13.7. The van der Waals surface area contributed by atoms with Crippen molar-refractivity contribution in [3.05, 3.63) is 69.1 Å². The summed E-state index contributed by atoms with van der Waals surface area (Å²) in [5.74, 6) is 1.84. The fourth-order valence-corrected chi connectivity index (χ4v) is 5.73. The van der Waals surface area contributed by atoms with Crippen LogP contribution < -0.4 is 10.2 Å². The van der Waals surface area contributed by atoms with E-state index >= 15 is 0 Å². The third-order valence-corrected chi connectivity index (χ3v) is 8.32. The number of rotatable bonds is 9. The Hall–Kier alpha value is -3.42. The molecule has 3 heterocycles. The van der Waals surface area contributed by atoms with Gasteiger partial charge in [-0.25, -0.2) is 15.0 Å². The average molecular weight is 668 g/mol. The first-order valence-corrected chi connectivity index (χ1v) is 14.7. The molecule has 0 amide bonds. The Bertz CT molecular complexity index is 1600. The Morgan fingerprint density at radius 2 is 1.51 bits per heavy atom. The van der Waals surface area contributed by atoms with Gasteiger partial charge in [0.25, 0.3) is 0 Å². The standard InChI is InChI=1S/C29H28BrF6N7/c1-15-23-9-19(25(40-26(23)42(2)41-15)39-24(17-3-4-17)18-5-6-18)14-43(27-37-11-22(30)12-38-27)13-16-7-20(28(31,32)33)10-21(8-16)29(34,35)36/h7-12,17-18,24H,3-6,13-14H2,1-2H3,(H,39,40). The smallest absolute Gasteiger partial charge is 0.366 e. The van der Waals surface area contributed by atoms with E-state index in [-0.39, 0.29) is 36.7 Å². The lowest BCUT2D eigenvalue weighted by atomic mass is 10.0. The van der Waals surface area contributed by atoms with E-state index < -0.39 is 23.5 Å². The highest BCUT2D eigenvalue weighted by Gasteiger charge is 2.42. The van der Waals surface area contributed by atoms with Gasteiger partial charge in [0.2, 0.25) is 5.95 Å². The molecule has 7 nitrogen and oxygen atoms in total. The number of alkyl halides is 6. The number of benzene rings is 1. The van der Waals surface area contributed by atoms with E-state index in [1.54, 1.807) is 16.6 Å². The minimum absolute atomic E-state index is 0.0703. The number of hydrogen-bond donors (Lipinski definition) is 1. The van der Waals surface area contributed by atoms with Crippen LogP contribution in [0.3, 0.4) is 0 Å². The Labute approximate surface area is 251 Å². The SMILES string of the molecule is Cc1nn(C)c2nc(NC(C3CC3)C3CC3)c(CN(Cc3cc(C(F)(F)F)cc(C(F)(F)F)c3)c3ncc(Br)cn3)cc12. The van der Waals surface area contributed by atoms with Crippen LogP contribution in [0.1, 0.15) is 53.6 Å². The van der Waals surface area contributed by atoms with Crippen LogP contribution in [0.4, 0.5) is 38.1 Å². The summed E-state index contributed by atoms with van der Waals surface area (Å²) in [6.45, 7) is 1.61. The van der Waals surface area contributed by atoms with Gasteiger partial charge < -0.3 is 10.2 Å². The summed E-state index contributed by atoms with van der Waals surface area (Å²) < 4.78 is 84.2. The fraction of sp³-hybridized carbons (Fsp3) is 0.448. The van der Waals surface area contributed by atoms with Crippen molar-refractivity contribution in [2.45, 2.75) is 64.1 Å². The molecule has 0 saturated heterocycles. The Morgan fingerprint density at radius 3 is 2.05 bits per heavy atom. The molecule has 0 atom stereocenters. The summed E-state index contributed by atoms with van der Waals surface area (Å²) in [5.41, 5.74) is -0.788. The van der Waals surface area contributed by atoms with Gasteiger partial charge in [0.15, 0.2) is 5.65 Å². The lowest BCUT2D eigenvalue weighted by Crippen LogP contribution is -2.28. The number of aryl methyl sites for hydroxylation is 2. The van der Waals surface area contributed by atoms with Crippen molar-refractivity contribution in [3.63, 3.8) is 0 Å². The van der Waals surface area contributed by atoms with E-state index in [1.165, 1.54) is 12.4 Å². The number of fused-ring (bicyclic) bond motifs is 1. The first-order chi connectivity index (χ1) is 20.3. The fourth-order valence-electron chi connectivity index (χ4n) is 5.52. The highest BCUT2D eigenvalue weighted by atomic mass is 79.9. The van der Waals surface area contributed by atoms with Crippen LogP contribution in [0.2, 0.25) is 0 Å². The summed E-state index contributed by atoms with van der Waals surface area (Å²) in [6, 6.07) is 3.79. The minimum atomic E-state index is -4.96. The molecule has 1 N–H and O–H groups in total. The topological polar surface area (TPSA) is 71.8 Å². The van der Waals surface area contributed by atoms with E-state index in [2.05, 4.69) is 36.3 Å². The molecule has 4 aromatic rings. The first-order valence-electron chi connectivity index (χ1n) is 13.9. The number of aromatic nitrogens is 5. The molecule has 0 radical (unpaired) electrons. The molecule has 0 spiro atoms. The van der Waals surface area contributed by atoms with Crippen LogP contribution in [0.15, 0.2) is 41.1 Å². The van der Waals surface area contributed by atoms with Crippen LogP contribution in [-0.4, -0.2) is 30.8 Å². The van der Waals surface area contributed by atoms with Crippen LogP contribution >= 0.6 is 15.9 Å². The van der Waals surface area contributed by atoms with Gasteiger partial charge in [0.05, 0.1) is 21.3 Å². The zero-order valence-corrected chi connectivity index (χ0v) is 24.9. The summed E-state index contributed by atoms with van der Waals surface area (Å²) in [5, 5.41) is 8.96. The molecule has 2 saturated carbocycles. The van der Waals surface area contributed by atoms with Crippen molar-refractivity contribution in [1.82, 2.24) is 24.7 Å². The molecule has 1 aromatic carbocycles. The van der Waals surface area contributed by atoms with Crippen molar-refractivity contribution in [1.29, 1.82) is 0 Å². The number of nitrogens with zero attached hydrogens (tertiary/aromatic N) is 6. The molecule has 2 aliphatic rings. The lowest BCUT2D eigenvalue weighted by Gasteiger charge is -2.26. The molecule has 6 rings (SSSR count). The molecule has 14 heteroatoms. The second-order valence-corrected chi connectivity index (χ2v) is 12.3. The van der Waals surface area contributed by atoms with Gasteiger partial charge in [-0.3, -0.25) is 4.68 Å². The number of pyridine rings is 1. The third kappa shape index (κ3) is 6.58. The van der Waals surface area contributed by atoms with Gasteiger partial charge in [-0.05, 0) is 90.2 Å². The number of nitrogens with one attached hydrogen (secondary N) is 1. The number of anilines is 2. The molecule has 2 aliphatic carbocycles. The van der Waals surface area contributed by atoms with E-state index in [0.717, 1.165) is 48.9 Å². The monoisotopic (exact) mass is 667 g/mol. The summed E-state index contributed by atoms with van der Waals surface area (Å²) in [6.07, 6.45) is -2.44. The van der Waals surface area contributed by atoms with E-state index in [9.17, 15) is 26.3 Å². The zero-order chi connectivity index (χ0) is 30.7. The molecule has 2 fully saturated rings. The van der Waals surface area contributed by atoms with Crippen LogP contribution in [-0.2, 0) is 32.5 Å². The first kappa shape index (κ1) is 29.6.